The van der Waals surface area contributed by atoms with E-state index in [0.29, 0.717) is 6.04 Å². The van der Waals surface area contributed by atoms with Crippen molar-refractivity contribution in [3.8, 4) is 10.6 Å². The molecule has 2 aromatic rings. The number of hydrogen-bond donors (Lipinski definition) is 1. The normalized spacial score (nSPS) is 19.7. The van der Waals surface area contributed by atoms with Crippen molar-refractivity contribution in [2.24, 2.45) is 0 Å². The topological polar surface area (TPSA) is 37.8 Å². The van der Waals surface area contributed by atoms with E-state index < -0.39 is 0 Å². The molecule has 1 atom stereocenters. The second kappa shape index (κ2) is 4.55. The second-order valence-electron chi connectivity index (χ2n) is 4.42. The van der Waals surface area contributed by atoms with E-state index in [0.717, 1.165) is 11.6 Å². The van der Waals surface area contributed by atoms with Gasteiger partial charge in [-0.05, 0) is 37.9 Å². The van der Waals surface area contributed by atoms with Crippen molar-refractivity contribution in [3.63, 3.8) is 0 Å². The SMILES string of the molecule is Cc1cnccc1-c1nc([C@@H]2CCCN2)cs1. The highest BCUT2D eigenvalue weighted by Gasteiger charge is 2.19. The van der Waals surface area contributed by atoms with Crippen LogP contribution in [-0.2, 0) is 0 Å². The number of nitrogens with zero attached hydrogens (tertiary/aromatic N) is 2. The van der Waals surface area contributed by atoms with Crippen LogP contribution in [0.4, 0.5) is 0 Å². The van der Waals surface area contributed by atoms with Crippen LogP contribution in [0.25, 0.3) is 10.6 Å². The molecule has 3 heterocycles. The van der Waals surface area contributed by atoms with Crippen molar-refractivity contribution in [2.45, 2.75) is 25.8 Å². The zero-order valence-electron chi connectivity index (χ0n) is 9.81. The molecule has 2 aromatic heterocycles. The van der Waals surface area contributed by atoms with Crippen LogP contribution in [-0.4, -0.2) is 16.5 Å². The van der Waals surface area contributed by atoms with Gasteiger partial charge >= 0.3 is 0 Å². The lowest BCUT2D eigenvalue weighted by atomic mass is 10.1. The van der Waals surface area contributed by atoms with Gasteiger partial charge in [-0.25, -0.2) is 4.98 Å². The van der Waals surface area contributed by atoms with Crippen molar-refractivity contribution < 1.29 is 0 Å². The maximum absolute atomic E-state index is 4.75. The molecule has 4 heteroatoms. The number of nitrogens with one attached hydrogen (secondary N) is 1. The van der Waals surface area contributed by atoms with Gasteiger partial charge in [0.1, 0.15) is 5.01 Å². The second-order valence-corrected chi connectivity index (χ2v) is 5.28. The summed E-state index contributed by atoms with van der Waals surface area (Å²) < 4.78 is 0. The molecule has 0 saturated carbocycles. The summed E-state index contributed by atoms with van der Waals surface area (Å²) >= 11 is 1.72. The van der Waals surface area contributed by atoms with Gasteiger partial charge in [-0.3, -0.25) is 4.98 Å². The summed E-state index contributed by atoms with van der Waals surface area (Å²) in [5.74, 6) is 0. The summed E-state index contributed by atoms with van der Waals surface area (Å²) in [5.41, 5.74) is 3.58. The molecule has 1 saturated heterocycles. The molecule has 0 radical (unpaired) electrons. The van der Waals surface area contributed by atoms with Crippen LogP contribution in [0.5, 0.6) is 0 Å². The standard InChI is InChI=1S/C13H15N3S/c1-9-7-14-6-4-10(9)13-16-12(8-17-13)11-3-2-5-15-11/h4,6-8,11,15H,2-3,5H2,1H3/t11-/m0/s1. The maximum atomic E-state index is 4.75. The number of rotatable bonds is 2. The number of aryl methyl sites for hydroxylation is 1. The lowest BCUT2D eigenvalue weighted by molar-refractivity contribution is 0.632. The van der Waals surface area contributed by atoms with E-state index in [9.17, 15) is 0 Å². The minimum atomic E-state index is 0.460. The minimum Gasteiger partial charge on any atom is -0.309 e. The fourth-order valence-electron chi connectivity index (χ4n) is 2.22. The summed E-state index contributed by atoms with van der Waals surface area (Å²) in [4.78, 5) is 8.87. The van der Waals surface area contributed by atoms with Gasteiger partial charge in [0.2, 0.25) is 0 Å². The van der Waals surface area contributed by atoms with Gasteiger partial charge in [-0.15, -0.1) is 11.3 Å². The van der Waals surface area contributed by atoms with Gasteiger partial charge in [0.05, 0.1) is 11.7 Å². The average molecular weight is 245 g/mol. The van der Waals surface area contributed by atoms with Crippen molar-refractivity contribution in [1.82, 2.24) is 15.3 Å². The third-order valence-corrected chi connectivity index (χ3v) is 4.08. The molecule has 0 bridgehead atoms. The summed E-state index contributed by atoms with van der Waals surface area (Å²) in [6, 6.07) is 2.50. The zero-order chi connectivity index (χ0) is 11.7. The molecular weight excluding hydrogens is 230 g/mol. The highest BCUT2D eigenvalue weighted by molar-refractivity contribution is 7.13. The number of thiazole rings is 1. The molecule has 0 spiro atoms. The van der Waals surface area contributed by atoms with Crippen molar-refractivity contribution in [3.05, 3.63) is 35.1 Å². The molecular formula is C13H15N3S. The minimum absolute atomic E-state index is 0.460. The first-order valence-electron chi connectivity index (χ1n) is 5.94. The smallest absolute Gasteiger partial charge is 0.124 e. The van der Waals surface area contributed by atoms with Crippen molar-refractivity contribution in [1.29, 1.82) is 0 Å². The molecule has 1 aliphatic rings. The predicted molar refractivity (Wildman–Crippen MR) is 70.1 cm³/mol. The Balaban J connectivity index is 1.92. The van der Waals surface area contributed by atoms with Crippen molar-refractivity contribution >= 4 is 11.3 Å². The largest absolute Gasteiger partial charge is 0.309 e. The Morgan fingerprint density at radius 2 is 2.41 bits per heavy atom. The van der Waals surface area contributed by atoms with Gasteiger partial charge in [0, 0.05) is 23.3 Å². The van der Waals surface area contributed by atoms with Crippen LogP contribution < -0.4 is 5.32 Å². The van der Waals surface area contributed by atoms with Crippen LogP contribution in [0.2, 0.25) is 0 Å². The molecule has 88 valence electrons. The highest BCUT2D eigenvalue weighted by Crippen LogP contribution is 2.30. The summed E-state index contributed by atoms with van der Waals surface area (Å²) in [6.45, 7) is 3.20. The average Bonchev–Trinajstić information content (AvgIpc) is 3.00. The van der Waals surface area contributed by atoms with E-state index in [-0.39, 0.29) is 0 Å². The quantitative estimate of drug-likeness (QED) is 0.884. The van der Waals surface area contributed by atoms with E-state index in [2.05, 4.69) is 22.6 Å². The van der Waals surface area contributed by atoms with Crippen LogP contribution >= 0.6 is 11.3 Å². The first-order chi connectivity index (χ1) is 8.34. The molecule has 0 unspecified atom stereocenters. The molecule has 3 rings (SSSR count). The predicted octanol–water partition coefficient (Wildman–Crippen LogP) is 2.94. The molecule has 1 fully saturated rings. The zero-order valence-corrected chi connectivity index (χ0v) is 10.6. The summed E-state index contributed by atoms with van der Waals surface area (Å²) in [6.07, 6.45) is 6.19. The maximum Gasteiger partial charge on any atom is 0.124 e. The van der Waals surface area contributed by atoms with E-state index in [1.807, 2.05) is 18.5 Å². The van der Waals surface area contributed by atoms with Crippen LogP contribution in [0.15, 0.2) is 23.8 Å². The van der Waals surface area contributed by atoms with E-state index in [4.69, 9.17) is 4.98 Å². The van der Waals surface area contributed by atoms with E-state index >= 15 is 0 Å². The third kappa shape index (κ3) is 2.10. The molecule has 1 N–H and O–H groups in total. The molecule has 3 nitrogen and oxygen atoms in total. The Labute approximate surface area is 105 Å². The fourth-order valence-corrected chi connectivity index (χ4v) is 3.18. The lowest BCUT2D eigenvalue weighted by Crippen LogP contribution is -2.12. The Kier molecular flexibility index (Phi) is 2.91. The van der Waals surface area contributed by atoms with Gasteiger partial charge in [-0.1, -0.05) is 0 Å². The Bertz CT molecular complexity index is 515. The highest BCUT2D eigenvalue weighted by atomic mass is 32.1. The Morgan fingerprint density at radius 1 is 1.47 bits per heavy atom. The molecule has 0 aromatic carbocycles. The van der Waals surface area contributed by atoms with Crippen LogP contribution in [0.3, 0.4) is 0 Å². The summed E-state index contributed by atoms with van der Waals surface area (Å²) in [5, 5.41) is 6.77. The molecule has 0 aliphatic carbocycles. The molecule has 0 amide bonds. The van der Waals surface area contributed by atoms with E-state index in [1.165, 1.54) is 29.7 Å². The van der Waals surface area contributed by atoms with Crippen LogP contribution in [0, 0.1) is 6.92 Å². The van der Waals surface area contributed by atoms with Gasteiger partial charge in [0.25, 0.3) is 0 Å². The fraction of sp³-hybridized carbons (Fsp3) is 0.385. The monoisotopic (exact) mass is 245 g/mol. The first kappa shape index (κ1) is 10.9. The Hall–Kier alpha value is -1.26. The number of aromatic nitrogens is 2. The molecule has 1 aliphatic heterocycles. The first-order valence-corrected chi connectivity index (χ1v) is 6.82. The lowest BCUT2D eigenvalue weighted by Gasteiger charge is -2.05. The number of hydrogen-bond acceptors (Lipinski definition) is 4. The number of pyridine rings is 1. The van der Waals surface area contributed by atoms with Crippen LogP contribution in [0.1, 0.15) is 30.1 Å². The van der Waals surface area contributed by atoms with E-state index in [1.54, 1.807) is 11.3 Å². The summed E-state index contributed by atoms with van der Waals surface area (Å²) in [7, 11) is 0. The Morgan fingerprint density at radius 3 is 3.18 bits per heavy atom. The van der Waals surface area contributed by atoms with Gasteiger partial charge in [0.15, 0.2) is 0 Å². The van der Waals surface area contributed by atoms with Gasteiger partial charge in [-0.2, -0.15) is 0 Å². The van der Waals surface area contributed by atoms with Gasteiger partial charge < -0.3 is 5.32 Å². The molecule has 17 heavy (non-hydrogen) atoms. The van der Waals surface area contributed by atoms with Crippen molar-refractivity contribution in [2.75, 3.05) is 6.54 Å². The third-order valence-electron chi connectivity index (χ3n) is 3.19.